The van der Waals surface area contributed by atoms with E-state index in [2.05, 4.69) is 21.2 Å². The second-order valence-corrected chi connectivity index (χ2v) is 9.15. The largest absolute Gasteiger partial charge is 0.314 e. The van der Waals surface area contributed by atoms with Crippen LogP contribution >= 0.6 is 28.3 Å². The van der Waals surface area contributed by atoms with E-state index >= 15 is 0 Å². The fourth-order valence-corrected chi connectivity index (χ4v) is 5.18. The van der Waals surface area contributed by atoms with Crippen LogP contribution in [0.5, 0.6) is 0 Å². The zero-order chi connectivity index (χ0) is 15.7. The average molecular weight is 424 g/mol. The molecule has 130 valence electrons. The third-order valence-corrected chi connectivity index (χ3v) is 7.58. The fraction of sp³-hybridized carbons (Fsp3) is 0.625. The van der Waals surface area contributed by atoms with E-state index in [0.29, 0.717) is 24.0 Å². The first-order chi connectivity index (χ1) is 10.5. The van der Waals surface area contributed by atoms with Gasteiger partial charge in [-0.1, -0.05) is 22.0 Å². The number of halogens is 2. The average Bonchev–Trinajstić information content (AvgIpc) is 3.32. The Bertz CT molecular complexity index is 641. The van der Waals surface area contributed by atoms with E-state index in [4.69, 9.17) is 0 Å². The minimum Gasteiger partial charge on any atom is -0.314 e. The van der Waals surface area contributed by atoms with Gasteiger partial charge in [0.2, 0.25) is 10.0 Å². The van der Waals surface area contributed by atoms with Gasteiger partial charge in [0.25, 0.3) is 0 Å². The van der Waals surface area contributed by atoms with E-state index in [9.17, 15) is 8.42 Å². The van der Waals surface area contributed by atoms with Crippen molar-refractivity contribution < 1.29 is 8.42 Å². The van der Waals surface area contributed by atoms with Crippen molar-refractivity contribution in [3.8, 4) is 0 Å². The first-order valence-electron chi connectivity index (χ1n) is 7.97. The standard InChI is InChI=1S/C16H23BrN2O2S.ClH/c1-12-15(17)3-2-4-16(12)22(20,21)19-9-7-14(8-10-19)18-11-13-5-6-13;/h2-4,13-14,18H,5-11H2,1H3;1H. The molecule has 1 aliphatic carbocycles. The van der Waals surface area contributed by atoms with Gasteiger partial charge in [-0.15, -0.1) is 12.4 Å². The van der Waals surface area contributed by atoms with E-state index in [1.807, 2.05) is 13.0 Å². The number of sulfonamides is 1. The summed E-state index contributed by atoms with van der Waals surface area (Å²) in [4.78, 5) is 0.422. The molecule has 1 heterocycles. The van der Waals surface area contributed by atoms with Crippen LogP contribution in [0.2, 0.25) is 0 Å². The maximum atomic E-state index is 12.8. The molecule has 4 nitrogen and oxygen atoms in total. The van der Waals surface area contributed by atoms with Crippen molar-refractivity contribution in [2.24, 2.45) is 5.92 Å². The highest BCUT2D eigenvalue weighted by Crippen LogP contribution is 2.29. The quantitative estimate of drug-likeness (QED) is 0.790. The van der Waals surface area contributed by atoms with Crippen molar-refractivity contribution in [2.45, 2.75) is 43.5 Å². The summed E-state index contributed by atoms with van der Waals surface area (Å²) in [5.41, 5.74) is 0.788. The number of rotatable bonds is 5. The molecule has 0 bridgehead atoms. The molecule has 1 aromatic rings. The van der Waals surface area contributed by atoms with Crippen LogP contribution in [0.1, 0.15) is 31.2 Å². The lowest BCUT2D eigenvalue weighted by Crippen LogP contribution is -2.45. The maximum Gasteiger partial charge on any atom is 0.243 e. The SMILES string of the molecule is Cc1c(Br)cccc1S(=O)(=O)N1CCC(NCC2CC2)CC1.Cl. The van der Waals surface area contributed by atoms with Gasteiger partial charge in [0.05, 0.1) is 4.90 Å². The van der Waals surface area contributed by atoms with Crippen LogP contribution < -0.4 is 5.32 Å². The van der Waals surface area contributed by atoms with Crippen LogP contribution in [-0.4, -0.2) is 38.4 Å². The number of hydrogen-bond acceptors (Lipinski definition) is 3. The number of nitrogens with zero attached hydrogens (tertiary/aromatic N) is 1. The smallest absolute Gasteiger partial charge is 0.243 e. The molecule has 3 rings (SSSR count). The fourth-order valence-electron chi connectivity index (χ4n) is 2.96. The third-order valence-electron chi connectivity index (χ3n) is 4.68. The van der Waals surface area contributed by atoms with Gasteiger partial charge >= 0.3 is 0 Å². The minimum atomic E-state index is -3.38. The van der Waals surface area contributed by atoms with Gasteiger partial charge in [-0.05, 0) is 62.8 Å². The van der Waals surface area contributed by atoms with E-state index < -0.39 is 10.0 Å². The van der Waals surface area contributed by atoms with Crippen LogP contribution in [0.3, 0.4) is 0 Å². The molecule has 0 aromatic heterocycles. The molecule has 1 aromatic carbocycles. The van der Waals surface area contributed by atoms with E-state index in [0.717, 1.165) is 35.3 Å². The monoisotopic (exact) mass is 422 g/mol. The molecule has 7 heteroatoms. The highest BCUT2D eigenvalue weighted by atomic mass is 79.9. The number of nitrogens with one attached hydrogen (secondary N) is 1. The summed E-state index contributed by atoms with van der Waals surface area (Å²) in [6.45, 7) is 4.16. The van der Waals surface area contributed by atoms with Crippen molar-refractivity contribution in [3.63, 3.8) is 0 Å². The Kier molecular flexibility index (Phi) is 6.53. The molecule has 1 saturated heterocycles. The highest BCUT2D eigenvalue weighted by Gasteiger charge is 2.31. The van der Waals surface area contributed by atoms with Crippen molar-refractivity contribution >= 4 is 38.4 Å². The van der Waals surface area contributed by atoms with E-state index in [1.165, 1.54) is 12.8 Å². The highest BCUT2D eigenvalue weighted by molar-refractivity contribution is 9.10. The molecule has 1 N–H and O–H groups in total. The molecule has 0 unspecified atom stereocenters. The normalized spacial score (nSPS) is 20.3. The lowest BCUT2D eigenvalue weighted by atomic mass is 10.1. The lowest BCUT2D eigenvalue weighted by molar-refractivity contribution is 0.288. The van der Waals surface area contributed by atoms with Gasteiger partial charge in [-0.25, -0.2) is 8.42 Å². The van der Waals surface area contributed by atoms with Crippen LogP contribution in [0, 0.1) is 12.8 Å². The van der Waals surface area contributed by atoms with Crippen LogP contribution in [-0.2, 0) is 10.0 Å². The van der Waals surface area contributed by atoms with Gasteiger partial charge in [-0.3, -0.25) is 0 Å². The molecule has 0 radical (unpaired) electrons. The van der Waals surface area contributed by atoms with Crippen molar-refractivity contribution in [3.05, 3.63) is 28.2 Å². The van der Waals surface area contributed by atoms with Gasteiger partial charge < -0.3 is 5.32 Å². The molecule has 0 atom stereocenters. The first kappa shape index (κ1) is 19.2. The molecule has 1 aliphatic heterocycles. The molecular weight excluding hydrogens is 400 g/mol. The van der Waals surface area contributed by atoms with Crippen LogP contribution in [0.15, 0.2) is 27.6 Å². The lowest BCUT2D eigenvalue weighted by Gasteiger charge is -2.32. The summed E-state index contributed by atoms with van der Waals surface area (Å²) in [6.07, 6.45) is 4.50. The van der Waals surface area contributed by atoms with Crippen LogP contribution in [0.4, 0.5) is 0 Å². The topological polar surface area (TPSA) is 49.4 Å². The van der Waals surface area contributed by atoms with Gasteiger partial charge in [0, 0.05) is 23.6 Å². The Morgan fingerprint density at radius 1 is 1.22 bits per heavy atom. The second-order valence-electron chi connectivity index (χ2n) is 6.39. The summed E-state index contributed by atoms with van der Waals surface area (Å²) in [5, 5.41) is 3.59. The summed E-state index contributed by atoms with van der Waals surface area (Å²) in [6, 6.07) is 5.83. The van der Waals surface area contributed by atoms with Crippen molar-refractivity contribution in [1.29, 1.82) is 0 Å². The summed E-state index contributed by atoms with van der Waals surface area (Å²) in [5.74, 6) is 0.867. The predicted octanol–water partition coefficient (Wildman–Crippen LogP) is 3.33. The number of benzene rings is 1. The van der Waals surface area contributed by atoms with E-state index in [-0.39, 0.29) is 12.4 Å². The Morgan fingerprint density at radius 2 is 1.87 bits per heavy atom. The molecule has 0 spiro atoms. The van der Waals surface area contributed by atoms with Crippen LogP contribution in [0.25, 0.3) is 0 Å². The van der Waals surface area contributed by atoms with Crippen molar-refractivity contribution in [2.75, 3.05) is 19.6 Å². The molecule has 0 amide bonds. The third kappa shape index (κ3) is 4.48. The van der Waals surface area contributed by atoms with Gasteiger partial charge in [0.15, 0.2) is 0 Å². The summed E-state index contributed by atoms with van der Waals surface area (Å²) >= 11 is 3.42. The Balaban J connectivity index is 0.00000192. The molecule has 2 fully saturated rings. The predicted molar refractivity (Wildman–Crippen MR) is 98.6 cm³/mol. The number of piperidine rings is 1. The Labute approximate surface area is 153 Å². The minimum absolute atomic E-state index is 0. The maximum absolute atomic E-state index is 12.8. The summed E-state index contributed by atoms with van der Waals surface area (Å²) < 4.78 is 28.1. The first-order valence-corrected chi connectivity index (χ1v) is 10.2. The zero-order valence-corrected chi connectivity index (χ0v) is 16.5. The Hall–Kier alpha value is -0.140. The number of hydrogen-bond donors (Lipinski definition) is 1. The second kappa shape index (κ2) is 7.83. The van der Waals surface area contributed by atoms with Gasteiger partial charge in [-0.2, -0.15) is 4.31 Å². The molecule has 1 saturated carbocycles. The van der Waals surface area contributed by atoms with Gasteiger partial charge in [0.1, 0.15) is 0 Å². The van der Waals surface area contributed by atoms with Crippen molar-refractivity contribution in [1.82, 2.24) is 9.62 Å². The molecule has 2 aliphatic rings. The van der Waals surface area contributed by atoms with E-state index in [1.54, 1.807) is 16.4 Å². The Morgan fingerprint density at radius 3 is 2.48 bits per heavy atom. The molecule has 23 heavy (non-hydrogen) atoms. The zero-order valence-electron chi connectivity index (χ0n) is 13.3. The molecular formula is C16H24BrClN2O2S. The summed E-state index contributed by atoms with van der Waals surface area (Å²) in [7, 11) is -3.38.